The zero-order valence-electron chi connectivity index (χ0n) is 16.0. The number of nitrogens with zero attached hydrogens (tertiary/aromatic N) is 2. The monoisotopic (exact) mass is 368 g/mol. The molecule has 0 aliphatic heterocycles. The normalized spacial score (nSPS) is 12.6. The minimum Gasteiger partial charge on any atom is -0.394 e. The summed E-state index contributed by atoms with van der Waals surface area (Å²) in [5.74, 6) is 0. The van der Waals surface area contributed by atoms with Crippen molar-refractivity contribution in [2.75, 3.05) is 6.61 Å². The highest BCUT2D eigenvalue weighted by atomic mass is 16.3. The molecule has 1 heterocycles. The Hall–Kier alpha value is -3.17. The number of aliphatic hydroxyl groups is 1. The van der Waals surface area contributed by atoms with Gasteiger partial charge in [-0.05, 0) is 29.7 Å². The van der Waals surface area contributed by atoms with Crippen LogP contribution in [0.4, 0.5) is 0 Å². The molecule has 140 valence electrons. The van der Waals surface area contributed by atoms with Crippen molar-refractivity contribution in [3.05, 3.63) is 107 Å². The van der Waals surface area contributed by atoms with Gasteiger partial charge in [0.05, 0.1) is 18.3 Å². The van der Waals surface area contributed by atoms with Crippen molar-refractivity contribution in [2.24, 2.45) is 4.99 Å². The van der Waals surface area contributed by atoms with Crippen LogP contribution in [0.2, 0.25) is 0 Å². The lowest BCUT2D eigenvalue weighted by molar-refractivity contribution is 0.269. The molecule has 3 aromatic carbocycles. The molecule has 0 unspecified atom stereocenters. The number of hydrogen-bond donors (Lipinski definition) is 1. The number of aryl methyl sites for hydroxylation is 1. The van der Waals surface area contributed by atoms with Crippen molar-refractivity contribution in [1.29, 1.82) is 0 Å². The summed E-state index contributed by atoms with van der Waals surface area (Å²) >= 11 is 0. The Morgan fingerprint density at radius 1 is 0.893 bits per heavy atom. The van der Waals surface area contributed by atoms with Crippen LogP contribution in [-0.2, 0) is 6.54 Å². The van der Waals surface area contributed by atoms with Crippen molar-refractivity contribution >= 4 is 17.1 Å². The Labute approximate surface area is 165 Å². The second-order valence-electron chi connectivity index (χ2n) is 6.99. The average Bonchev–Trinajstić information content (AvgIpc) is 3.02. The predicted octanol–water partition coefficient (Wildman–Crippen LogP) is 5.15. The summed E-state index contributed by atoms with van der Waals surface area (Å²) in [6.07, 6.45) is 1.92. The Kier molecular flexibility index (Phi) is 5.36. The van der Waals surface area contributed by atoms with Crippen LogP contribution in [0.15, 0.2) is 89.9 Å². The summed E-state index contributed by atoms with van der Waals surface area (Å²) in [6.45, 7) is 2.91. The Morgan fingerprint density at radius 3 is 2.25 bits per heavy atom. The second-order valence-corrected chi connectivity index (χ2v) is 6.99. The van der Waals surface area contributed by atoms with Gasteiger partial charge in [0, 0.05) is 23.7 Å². The highest BCUT2D eigenvalue weighted by molar-refractivity contribution is 5.94. The van der Waals surface area contributed by atoms with Gasteiger partial charge in [-0.2, -0.15) is 0 Å². The SMILES string of the molecule is Cc1c(C=N[C@@H](CO)c2ccccc2)n(Cc2ccccc2)c2ccccc12. The second kappa shape index (κ2) is 8.24. The molecule has 3 heteroatoms. The first-order valence-corrected chi connectivity index (χ1v) is 9.58. The fraction of sp³-hybridized carbons (Fsp3) is 0.160. The maximum Gasteiger partial charge on any atom is 0.0980 e. The van der Waals surface area contributed by atoms with Crippen molar-refractivity contribution in [2.45, 2.75) is 19.5 Å². The van der Waals surface area contributed by atoms with Gasteiger partial charge in [-0.15, -0.1) is 0 Å². The molecular formula is C25H24N2O. The third-order valence-corrected chi connectivity index (χ3v) is 5.19. The zero-order valence-corrected chi connectivity index (χ0v) is 16.0. The number of benzene rings is 3. The average molecular weight is 368 g/mol. The fourth-order valence-electron chi connectivity index (χ4n) is 3.67. The molecule has 0 radical (unpaired) electrons. The van der Waals surface area contributed by atoms with Crippen LogP contribution in [0.1, 0.15) is 28.4 Å². The first-order valence-electron chi connectivity index (χ1n) is 9.58. The van der Waals surface area contributed by atoms with Gasteiger partial charge in [0.2, 0.25) is 0 Å². The largest absolute Gasteiger partial charge is 0.394 e. The number of para-hydroxylation sites is 1. The van der Waals surface area contributed by atoms with E-state index >= 15 is 0 Å². The molecule has 0 amide bonds. The molecular weight excluding hydrogens is 344 g/mol. The molecule has 1 atom stereocenters. The van der Waals surface area contributed by atoms with Crippen molar-refractivity contribution in [3.8, 4) is 0 Å². The van der Waals surface area contributed by atoms with Gasteiger partial charge in [0.25, 0.3) is 0 Å². The number of fused-ring (bicyclic) bond motifs is 1. The molecule has 0 saturated carbocycles. The summed E-state index contributed by atoms with van der Waals surface area (Å²) in [6, 6.07) is 28.6. The number of aromatic nitrogens is 1. The van der Waals surface area contributed by atoms with Crippen molar-refractivity contribution < 1.29 is 5.11 Å². The Balaban J connectivity index is 1.77. The first-order chi connectivity index (χ1) is 13.8. The molecule has 1 N–H and O–H groups in total. The van der Waals surface area contributed by atoms with Crippen LogP contribution < -0.4 is 0 Å². The van der Waals surface area contributed by atoms with Crippen LogP contribution in [0.3, 0.4) is 0 Å². The van der Waals surface area contributed by atoms with E-state index in [9.17, 15) is 5.11 Å². The maximum absolute atomic E-state index is 9.85. The van der Waals surface area contributed by atoms with Gasteiger partial charge in [-0.25, -0.2) is 0 Å². The van der Waals surface area contributed by atoms with E-state index < -0.39 is 0 Å². The van der Waals surface area contributed by atoms with E-state index in [1.54, 1.807) is 0 Å². The smallest absolute Gasteiger partial charge is 0.0980 e. The Morgan fingerprint density at radius 2 is 1.54 bits per heavy atom. The van der Waals surface area contributed by atoms with E-state index in [4.69, 9.17) is 4.99 Å². The minimum atomic E-state index is -0.260. The molecule has 4 aromatic rings. The van der Waals surface area contributed by atoms with Gasteiger partial charge in [0.15, 0.2) is 0 Å². The quantitative estimate of drug-likeness (QED) is 0.470. The van der Waals surface area contributed by atoms with Crippen LogP contribution in [0, 0.1) is 6.92 Å². The third kappa shape index (κ3) is 3.62. The van der Waals surface area contributed by atoms with E-state index in [1.165, 1.54) is 22.0 Å². The van der Waals surface area contributed by atoms with Gasteiger partial charge < -0.3 is 9.67 Å². The maximum atomic E-state index is 9.85. The summed E-state index contributed by atoms with van der Waals surface area (Å²) < 4.78 is 2.31. The number of aliphatic imine (C=N–C) groups is 1. The van der Waals surface area contributed by atoms with E-state index in [0.717, 1.165) is 17.8 Å². The lowest BCUT2D eigenvalue weighted by atomic mass is 10.1. The molecule has 28 heavy (non-hydrogen) atoms. The van der Waals surface area contributed by atoms with Gasteiger partial charge in [0.1, 0.15) is 0 Å². The highest BCUT2D eigenvalue weighted by Crippen LogP contribution is 2.26. The standard InChI is InChI=1S/C25H24N2O/c1-19-22-14-8-9-15-24(22)27(17-20-10-4-2-5-11-20)25(19)16-26-23(18-28)21-12-6-3-7-13-21/h2-16,23,28H,17-18H2,1H3/t23-/m0/s1. The number of rotatable bonds is 6. The van der Waals surface area contributed by atoms with Crippen molar-refractivity contribution in [3.63, 3.8) is 0 Å². The van der Waals surface area contributed by atoms with Crippen LogP contribution in [0.5, 0.6) is 0 Å². The van der Waals surface area contributed by atoms with Gasteiger partial charge in [-0.1, -0.05) is 78.9 Å². The molecule has 4 rings (SSSR count). The van der Waals surface area contributed by atoms with Gasteiger partial charge in [-0.3, -0.25) is 4.99 Å². The molecule has 1 aromatic heterocycles. The Bertz CT molecular complexity index is 1080. The molecule has 0 fully saturated rings. The molecule has 0 spiro atoms. The molecule has 0 aliphatic rings. The van der Waals surface area contributed by atoms with E-state index in [0.29, 0.717) is 0 Å². The predicted molar refractivity (Wildman–Crippen MR) is 116 cm³/mol. The van der Waals surface area contributed by atoms with E-state index in [2.05, 4.69) is 60.0 Å². The summed E-state index contributed by atoms with van der Waals surface area (Å²) in [5, 5.41) is 11.1. The van der Waals surface area contributed by atoms with Crippen LogP contribution in [0.25, 0.3) is 10.9 Å². The fourth-order valence-corrected chi connectivity index (χ4v) is 3.67. The lowest BCUT2D eigenvalue weighted by Crippen LogP contribution is -2.07. The van der Waals surface area contributed by atoms with Gasteiger partial charge >= 0.3 is 0 Å². The third-order valence-electron chi connectivity index (χ3n) is 5.19. The minimum absolute atomic E-state index is 0.0154. The summed E-state index contributed by atoms with van der Waals surface area (Å²) in [5.41, 5.74) is 5.76. The summed E-state index contributed by atoms with van der Waals surface area (Å²) in [7, 11) is 0. The topological polar surface area (TPSA) is 37.5 Å². The van der Waals surface area contributed by atoms with E-state index in [-0.39, 0.29) is 12.6 Å². The zero-order chi connectivity index (χ0) is 19.3. The molecule has 0 aliphatic carbocycles. The highest BCUT2D eigenvalue weighted by Gasteiger charge is 2.14. The first kappa shape index (κ1) is 18.2. The molecule has 0 bridgehead atoms. The van der Waals surface area contributed by atoms with Crippen LogP contribution in [-0.4, -0.2) is 22.5 Å². The molecule has 0 saturated heterocycles. The van der Waals surface area contributed by atoms with Crippen LogP contribution >= 0.6 is 0 Å². The van der Waals surface area contributed by atoms with E-state index in [1.807, 2.05) is 42.6 Å². The lowest BCUT2D eigenvalue weighted by Gasteiger charge is -2.12. The van der Waals surface area contributed by atoms with Crippen molar-refractivity contribution in [1.82, 2.24) is 4.57 Å². The number of hydrogen-bond acceptors (Lipinski definition) is 2. The number of aliphatic hydroxyl groups excluding tert-OH is 1. The molecule has 3 nitrogen and oxygen atoms in total. The summed E-state index contributed by atoms with van der Waals surface area (Å²) in [4.78, 5) is 4.75.